The minimum Gasteiger partial charge on any atom is -0.339 e. The molecule has 0 unspecified atom stereocenters. The molecule has 2 aromatic heterocycles. The molecule has 59 heavy (non-hydrogen) atoms. The Kier molecular flexibility index (Phi) is 11.8. The molecule has 2 aliphatic carbocycles. The van der Waals surface area contributed by atoms with Gasteiger partial charge in [-0.1, -0.05) is 31.5 Å². The summed E-state index contributed by atoms with van der Waals surface area (Å²) in [4.78, 5) is 61.3. The van der Waals surface area contributed by atoms with E-state index in [2.05, 4.69) is 64.4 Å². The first-order valence-corrected chi connectivity index (χ1v) is 21.9. The molecule has 2 saturated carbocycles. The number of anilines is 2. The molecule has 2 aromatic carbocycles. The quantitative estimate of drug-likeness (QED) is 0.173. The standard InChI is InChI=1S/C46H57ClN8O4/c1-29(2)36-26-39-33(24-40(36)49-43(57)38-7-5-6-30(3)48-38)28-55(51-39)35-11-8-31(9-12-35)27-52(4)34-14-17-46(18-15-34)19-22-53(23-20-46)44(58)32-10-13-37(47)41(25-32)54-21-16-42(56)50-45(54)59/h5-7,10,13,24-26,28-29,31,34-35H,8-9,11-12,14-23,27H2,1-4H3,(H,49,57)(H,50,56,59)/t31-,35-. The molecule has 312 valence electrons. The van der Waals surface area contributed by atoms with Crippen molar-refractivity contribution in [3.8, 4) is 0 Å². The summed E-state index contributed by atoms with van der Waals surface area (Å²) in [5.74, 6) is 0.349. The molecular weight excluding hydrogens is 764 g/mol. The number of rotatable bonds is 9. The molecule has 4 aromatic rings. The van der Waals surface area contributed by atoms with Crippen LogP contribution in [-0.2, 0) is 4.79 Å². The zero-order chi connectivity index (χ0) is 41.4. The summed E-state index contributed by atoms with van der Waals surface area (Å²) in [6.45, 7) is 8.99. The Balaban J connectivity index is 0.806. The largest absolute Gasteiger partial charge is 0.339 e. The molecule has 0 radical (unpaired) electrons. The van der Waals surface area contributed by atoms with Crippen molar-refractivity contribution in [3.05, 3.63) is 82.3 Å². The molecule has 12 nitrogen and oxygen atoms in total. The topological polar surface area (TPSA) is 133 Å². The number of fused-ring (bicyclic) bond motifs is 1. The van der Waals surface area contributed by atoms with E-state index in [9.17, 15) is 19.2 Å². The molecule has 0 bridgehead atoms. The molecule has 0 atom stereocenters. The molecule has 4 fully saturated rings. The van der Waals surface area contributed by atoms with Crippen LogP contribution in [-0.4, -0.2) is 87.6 Å². The highest BCUT2D eigenvalue weighted by atomic mass is 35.5. The van der Waals surface area contributed by atoms with Crippen LogP contribution in [0.15, 0.2) is 54.7 Å². The van der Waals surface area contributed by atoms with Gasteiger partial charge in [0.2, 0.25) is 5.91 Å². The number of urea groups is 1. The Bertz CT molecular complexity index is 2230. The monoisotopic (exact) mass is 820 g/mol. The number of piperidine rings is 1. The summed E-state index contributed by atoms with van der Waals surface area (Å²) < 4.78 is 2.17. The molecule has 13 heteroatoms. The van der Waals surface area contributed by atoms with Crippen molar-refractivity contribution in [2.45, 2.75) is 109 Å². The van der Waals surface area contributed by atoms with E-state index >= 15 is 0 Å². The highest BCUT2D eigenvalue weighted by Gasteiger charge is 2.40. The zero-order valence-electron chi connectivity index (χ0n) is 34.8. The van der Waals surface area contributed by atoms with E-state index in [1.165, 1.54) is 43.4 Å². The number of hydrogen-bond acceptors (Lipinski definition) is 7. The molecule has 4 heterocycles. The Hall–Kier alpha value is -4.81. The number of aryl methyl sites for hydroxylation is 1. The van der Waals surface area contributed by atoms with Gasteiger partial charge in [-0.2, -0.15) is 5.10 Å². The number of imide groups is 1. The van der Waals surface area contributed by atoms with Crippen molar-refractivity contribution in [2.24, 2.45) is 11.3 Å². The third-order valence-corrected chi connectivity index (χ3v) is 14.0. The lowest BCUT2D eigenvalue weighted by atomic mass is 9.66. The van der Waals surface area contributed by atoms with E-state index in [0.717, 1.165) is 73.2 Å². The summed E-state index contributed by atoms with van der Waals surface area (Å²) in [5.41, 5.74) is 5.34. The predicted molar refractivity (Wildman–Crippen MR) is 231 cm³/mol. The number of halogens is 1. The molecule has 2 aliphatic heterocycles. The van der Waals surface area contributed by atoms with E-state index in [0.29, 0.717) is 45.4 Å². The molecule has 2 N–H and O–H groups in total. The number of nitrogens with one attached hydrogen (secondary N) is 2. The third-order valence-electron chi connectivity index (χ3n) is 13.7. The second kappa shape index (κ2) is 17.0. The van der Waals surface area contributed by atoms with Gasteiger partial charge in [0.15, 0.2) is 0 Å². The van der Waals surface area contributed by atoms with Gasteiger partial charge in [-0.05, 0) is 143 Å². The van der Waals surface area contributed by atoms with Gasteiger partial charge in [0.05, 0.1) is 22.3 Å². The summed E-state index contributed by atoms with van der Waals surface area (Å²) >= 11 is 6.44. The maximum absolute atomic E-state index is 13.6. The van der Waals surface area contributed by atoms with Crippen molar-refractivity contribution >= 4 is 57.6 Å². The molecule has 4 aliphatic rings. The molecule has 5 amide bonds. The Morgan fingerprint density at radius 3 is 2.41 bits per heavy atom. The zero-order valence-corrected chi connectivity index (χ0v) is 35.6. The molecular formula is C46H57ClN8O4. The van der Waals surface area contributed by atoms with Crippen molar-refractivity contribution in [1.29, 1.82) is 0 Å². The minimum atomic E-state index is -0.515. The van der Waals surface area contributed by atoms with Crippen molar-refractivity contribution in [1.82, 2.24) is 29.9 Å². The van der Waals surface area contributed by atoms with Gasteiger partial charge in [0, 0.05) is 67.2 Å². The normalized spacial score (nSPS) is 21.4. The first-order valence-electron chi connectivity index (χ1n) is 21.5. The number of aromatic nitrogens is 3. The summed E-state index contributed by atoms with van der Waals surface area (Å²) in [6.07, 6.45) is 13.8. The lowest BCUT2D eigenvalue weighted by Crippen LogP contribution is -2.49. The maximum atomic E-state index is 13.6. The van der Waals surface area contributed by atoms with Crippen LogP contribution >= 0.6 is 11.6 Å². The third kappa shape index (κ3) is 8.89. The first-order chi connectivity index (χ1) is 28.3. The van der Waals surface area contributed by atoms with Gasteiger partial charge >= 0.3 is 6.03 Å². The van der Waals surface area contributed by atoms with Crippen LogP contribution in [0.3, 0.4) is 0 Å². The highest BCUT2D eigenvalue weighted by molar-refractivity contribution is 6.34. The lowest BCUT2D eigenvalue weighted by Gasteiger charge is -2.47. The SMILES string of the molecule is Cc1cccc(C(=O)Nc2cc3cn([C@H]4CC[C@H](CN(C)C5CCC6(CC5)CCN(C(=O)c5ccc(Cl)c(N7CCC(=O)NC7=O)c5)CC6)CC4)nc3cc2C(C)C)n1. The van der Waals surface area contributed by atoms with E-state index in [-0.39, 0.29) is 36.6 Å². The van der Waals surface area contributed by atoms with Crippen LogP contribution in [0.1, 0.15) is 129 Å². The Labute approximate surface area is 352 Å². The fourth-order valence-electron chi connectivity index (χ4n) is 10.1. The van der Waals surface area contributed by atoms with E-state index in [1.54, 1.807) is 24.3 Å². The second-order valence-electron chi connectivity index (χ2n) is 17.9. The van der Waals surface area contributed by atoms with Gasteiger partial charge in [-0.15, -0.1) is 0 Å². The Morgan fingerprint density at radius 1 is 0.966 bits per heavy atom. The van der Waals surface area contributed by atoms with Gasteiger partial charge in [-0.25, -0.2) is 9.78 Å². The van der Waals surface area contributed by atoms with Gasteiger partial charge < -0.3 is 15.1 Å². The van der Waals surface area contributed by atoms with Crippen LogP contribution in [0.2, 0.25) is 5.02 Å². The summed E-state index contributed by atoms with van der Waals surface area (Å²) in [5, 5.41) is 11.9. The average Bonchev–Trinajstić information content (AvgIpc) is 3.64. The summed E-state index contributed by atoms with van der Waals surface area (Å²) in [6, 6.07) is 15.2. The van der Waals surface area contributed by atoms with Gasteiger partial charge in [-0.3, -0.25) is 29.3 Å². The van der Waals surface area contributed by atoms with E-state index in [1.807, 2.05) is 24.0 Å². The van der Waals surface area contributed by atoms with Crippen LogP contribution in [0, 0.1) is 18.3 Å². The van der Waals surface area contributed by atoms with Crippen molar-refractivity contribution in [2.75, 3.05) is 43.4 Å². The van der Waals surface area contributed by atoms with Gasteiger partial charge in [0.1, 0.15) is 5.69 Å². The predicted octanol–water partition coefficient (Wildman–Crippen LogP) is 8.74. The van der Waals surface area contributed by atoms with Crippen LogP contribution in [0.25, 0.3) is 10.9 Å². The number of hydrogen-bond donors (Lipinski definition) is 2. The molecule has 8 rings (SSSR count). The van der Waals surface area contributed by atoms with Crippen LogP contribution in [0.4, 0.5) is 16.2 Å². The molecule has 1 spiro atoms. The van der Waals surface area contributed by atoms with Crippen molar-refractivity contribution in [3.63, 3.8) is 0 Å². The maximum Gasteiger partial charge on any atom is 0.328 e. The van der Waals surface area contributed by atoms with E-state index in [4.69, 9.17) is 16.7 Å². The highest BCUT2D eigenvalue weighted by Crippen LogP contribution is 2.46. The fourth-order valence-corrected chi connectivity index (χ4v) is 10.3. The number of carbonyl (C=O) groups excluding carboxylic acids is 4. The molecule has 2 saturated heterocycles. The smallest absolute Gasteiger partial charge is 0.328 e. The first kappa shape index (κ1) is 40.9. The second-order valence-corrected chi connectivity index (χ2v) is 18.3. The van der Waals surface area contributed by atoms with Crippen LogP contribution < -0.4 is 15.5 Å². The number of benzene rings is 2. The van der Waals surface area contributed by atoms with Crippen LogP contribution in [0.5, 0.6) is 0 Å². The lowest BCUT2D eigenvalue weighted by molar-refractivity contribution is -0.120. The fraction of sp³-hybridized carbons (Fsp3) is 0.522. The number of likely N-dealkylation sites (tertiary alicyclic amines) is 1. The van der Waals surface area contributed by atoms with Gasteiger partial charge in [0.25, 0.3) is 11.8 Å². The number of carbonyl (C=O) groups is 4. The Morgan fingerprint density at radius 2 is 1.71 bits per heavy atom. The number of pyridine rings is 1. The summed E-state index contributed by atoms with van der Waals surface area (Å²) in [7, 11) is 2.32. The van der Waals surface area contributed by atoms with E-state index < -0.39 is 6.03 Å². The average molecular weight is 821 g/mol. The minimum absolute atomic E-state index is 0.0397. The number of amides is 5. The van der Waals surface area contributed by atoms with Crippen molar-refractivity contribution < 1.29 is 19.2 Å². The number of nitrogens with zero attached hydrogens (tertiary/aromatic N) is 6.